The first-order chi connectivity index (χ1) is 13.0. The number of amides is 2. The maximum atomic E-state index is 12.9. The van der Waals surface area contributed by atoms with E-state index in [4.69, 9.17) is 17.0 Å². The second-order valence-electron chi connectivity index (χ2n) is 5.92. The molecule has 3 rings (SSSR count). The lowest BCUT2D eigenvalue weighted by Crippen LogP contribution is -2.58. The predicted molar refractivity (Wildman–Crippen MR) is 109 cm³/mol. The Morgan fingerprint density at radius 3 is 2.56 bits per heavy atom. The molecular formula is C20H19N3O3S. The maximum Gasteiger partial charge on any atom is 0.251 e. The van der Waals surface area contributed by atoms with Crippen LogP contribution in [0.3, 0.4) is 0 Å². The zero-order chi connectivity index (χ0) is 19.4. The molecule has 1 aliphatic heterocycles. The minimum Gasteiger partial charge on any atom is -0.494 e. The number of carbonyl (C=O) groups is 2. The Labute approximate surface area is 162 Å². The summed E-state index contributed by atoms with van der Waals surface area (Å²) in [4.78, 5) is 30.8. The molecule has 27 heavy (non-hydrogen) atoms. The Hall–Kier alpha value is -3.06. The van der Waals surface area contributed by atoms with Crippen LogP contribution >= 0.6 is 12.2 Å². The molecule has 6 nitrogen and oxygen atoms in total. The predicted octanol–water partition coefficient (Wildman–Crippen LogP) is 3.02. The first-order valence-electron chi connectivity index (χ1n) is 8.50. The van der Waals surface area contributed by atoms with Crippen molar-refractivity contribution in [2.24, 2.45) is 10.9 Å². The van der Waals surface area contributed by atoms with Crippen molar-refractivity contribution in [1.82, 2.24) is 5.32 Å². The van der Waals surface area contributed by atoms with Gasteiger partial charge in [0.25, 0.3) is 5.91 Å². The van der Waals surface area contributed by atoms with Crippen molar-refractivity contribution in [2.45, 2.75) is 13.3 Å². The van der Waals surface area contributed by atoms with Crippen LogP contribution in [-0.4, -0.2) is 30.3 Å². The van der Waals surface area contributed by atoms with Gasteiger partial charge in [0.2, 0.25) is 5.91 Å². The molecule has 0 aliphatic carbocycles. The van der Waals surface area contributed by atoms with Gasteiger partial charge in [-0.2, -0.15) is 0 Å². The minimum atomic E-state index is -1.08. The van der Waals surface area contributed by atoms with Crippen molar-refractivity contribution in [3.05, 3.63) is 54.1 Å². The van der Waals surface area contributed by atoms with Crippen LogP contribution in [0.15, 0.2) is 53.5 Å². The second kappa shape index (κ2) is 8.09. The van der Waals surface area contributed by atoms with Gasteiger partial charge < -0.3 is 10.1 Å². The fourth-order valence-corrected chi connectivity index (χ4v) is 3.03. The Bertz CT molecular complexity index is 909. The number of hydrogen-bond acceptors (Lipinski definition) is 5. The van der Waals surface area contributed by atoms with Gasteiger partial charge in [0.15, 0.2) is 11.0 Å². The molecule has 1 aliphatic rings. The van der Waals surface area contributed by atoms with Crippen molar-refractivity contribution < 1.29 is 14.3 Å². The van der Waals surface area contributed by atoms with Gasteiger partial charge in [-0.1, -0.05) is 31.2 Å². The largest absolute Gasteiger partial charge is 0.494 e. The van der Waals surface area contributed by atoms with Crippen molar-refractivity contribution in [3.63, 3.8) is 0 Å². The summed E-state index contributed by atoms with van der Waals surface area (Å²) in [5.74, 6) is -1.45. The molecule has 1 N–H and O–H groups in total. The van der Waals surface area contributed by atoms with Gasteiger partial charge >= 0.3 is 0 Å². The van der Waals surface area contributed by atoms with E-state index >= 15 is 0 Å². The first kappa shape index (κ1) is 18.7. The van der Waals surface area contributed by atoms with E-state index in [-0.39, 0.29) is 5.11 Å². The highest BCUT2D eigenvalue weighted by Gasteiger charge is 2.38. The molecule has 0 saturated carbocycles. The molecule has 2 aromatic rings. The number of rotatable bonds is 5. The number of carbonyl (C=O) groups excluding carboxylic acids is 2. The number of aryl methyl sites for hydroxylation is 1. The summed E-state index contributed by atoms with van der Waals surface area (Å²) in [6, 6.07) is 14.6. The number of hydrogen-bond donors (Lipinski definition) is 1. The summed E-state index contributed by atoms with van der Waals surface area (Å²) in [6.07, 6.45) is 2.22. The summed E-state index contributed by atoms with van der Waals surface area (Å²) >= 11 is 5.20. The van der Waals surface area contributed by atoms with Gasteiger partial charge in [0.1, 0.15) is 11.4 Å². The average Bonchev–Trinajstić information content (AvgIpc) is 2.68. The smallest absolute Gasteiger partial charge is 0.251 e. The van der Waals surface area contributed by atoms with E-state index in [9.17, 15) is 9.59 Å². The minimum absolute atomic E-state index is 0.0659. The molecule has 1 unspecified atom stereocenters. The van der Waals surface area contributed by atoms with Crippen LogP contribution in [-0.2, 0) is 16.0 Å². The topological polar surface area (TPSA) is 71.0 Å². The average molecular weight is 381 g/mol. The molecule has 2 amide bonds. The van der Waals surface area contributed by atoms with Crippen LogP contribution in [0.25, 0.3) is 0 Å². The SMILES string of the molecule is CCc1ccc(N2C(=O)C(C=Nc3ccccc3OC)C(=O)NC2=S)cc1. The Morgan fingerprint density at radius 1 is 1.19 bits per heavy atom. The van der Waals surface area contributed by atoms with Gasteiger partial charge in [-0.25, -0.2) is 0 Å². The van der Waals surface area contributed by atoms with Gasteiger partial charge in [-0.05, 0) is 48.5 Å². The Kier molecular flexibility index (Phi) is 5.61. The fourth-order valence-electron chi connectivity index (χ4n) is 2.74. The highest BCUT2D eigenvalue weighted by molar-refractivity contribution is 7.80. The van der Waals surface area contributed by atoms with E-state index in [2.05, 4.69) is 17.2 Å². The van der Waals surface area contributed by atoms with Crippen LogP contribution in [0, 0.1) is 5.92 Å². The lowest BCUT2D eigenvalue weighted by molar-refractivity contribution is -0.130. The van der Waals surface area contributed by atoms with Crippen molar-refractivity contribution in [2.75, 3.05) is 12.0 Å². The number of nitrogens with zero attached hydrogens (tertiary/aromatic N) is 2. The molecule has 0 radical (unpaired) electrons. The number of nitrogens with one attached hydrogen (secondary N) is 1. The molecule has 0 aromatic heterocycles. The number of anilines is 1. The number of thiocarbonyl (C=S) groups is 1. The lowest BCUT2D eigenvalue weighted by Gasteiger charge is -2.31. The Balaban J connectivity index is 1.89. The molecule has 1 fully saturated rings. The molecular weight excluding hydrogens is 362 g/mol. The van der Waals surface area contributed by atoms with E-state index in [1.54, 1.807) is 18.2 Å². The number of ether oxygens (including phenoxy) is 1. The van der Waals surface area contributed by atoms with Gasteiger partial charge in [-0.15, -0.1) is 0 Å². The molecule has 2 aromatic carbocycles. The third kappa shape index (κ3) is 3.88. The van der Waals surface area contributed by atoms with Crippen LogP contribution in [0.4, 0.5) is 11.4 Å². The molecule has 1 atom stereocenters. The highest BCUT2D eigenvalue weighted by atomic mass is 32.1. The molecule has 0 bridgehead atoms. The van der Waals surface area contributed by atoms with E-state index in [1.165, 1.54) is 18.2 Å². The summed E-state index contributed by atoms with van der Waals surface area (Å²) in [5.41, 5.74) is 2.29. The summed E-state index contributed by atoms with van der Waals surface area (Å²) in [5, 5.41) is 2.64. The summed E-state index contributed by atoms with van der Waals surface area (Å²) < 4.78 is 5.24. The monoisotopic (exact) mass is 381 g/mol. The normalized spacial score (nSPS) is 17.3. The van der Waals surface area contributed by atoms with E-state index < -0.39 is 17.7 Å². The quantitative estimate of drug-likeness (QED) is 0.491. The van der Waals surface area contributed by atoms with Gasteiger partial charge in [-0.3, -0.25) is 19.5 Å². The van der Waals surface area contributed by atoms with E-state index in [0.717, 1.165) is 12.0 Å². The number of benzene rings is 2. The molecule has 1 saturated heterocycles. The summed E-state index contributed by atoms with van der Waals surface area (Å²) in [7, 11) is 1.53. The number of para-hydroxylation sites is 2. The van der Waals surface area contributed by atoms with Crippen molar-refractivity contribution in [3.8, 4) is 5.75 Å². The third-order valence-electron chi connectivity index (χ3n) is 4.25. The maximum absolute atomic E-state index is 12.9. The number of aliphatic imine (C=N–C) groups is 1. The third-order valence-corrected chi connectivity index (χ3v) is 4.54. The van der Waals surface area contributed by atoms with E-state index in [1.807, 2.05) is 30.3 Å². The standard InChI is InChI=1S/C20H19N3O3S/c1-3-13-8-10-14(11-9-13)23-19(25)15(18(24)22-20(23)27)12-21-16-6-4-5-7-17(16)26-2/h4-12,15H,3H2,1-2H3,(H,22,24,27). The zero-order valence-electron chi connectivity index (χ0n) is 15.0. The Morgan fingerprint density at radius 2 is 1.89 bits per heavy atom. The van der Waals surface area contributed by atoms with Crippen molar-refractivity contribution >= 4 is 46.7 Å². The molecule has 1 heterocycles. The fraction of sp³-hybridized carbons (Fsp3) is 0.200. The zero-order valence-corrected chi connectivity index (χ0v) is 15.8. The molecule has 138 valence electrons. The van der Waals surface area contributed by atoms with Gasteiger partial charge in [0.05, 0.1) is 12.8 Å². The van der Waals surface area contributed by atoms with Crippen molar-refractivity contribution in [1.29, 1.82) is 0 Å². The lowest BCUT2D eigenvalue weighted by atomic mass is 10.1. The van der Waals surface area contributed by atoms with Crippen LogP contribution in [0.1, 0.15) is 12.5 Å². The highest BCUT2D eigenvalue weighted by Crippen LogP contribution is 2.27. The molecule has 0 spiro atoms. The second-order valence-corrected chi connectivity index (χ2v) is 6.30. The van der Waals surface area contributed by atoms with Crippen LogP contribution < -0.4 is 15.0 Å². The molecule has 7 heteroatoms. The number of methoxy groups -OCH3 is 1. The van der Waals surface area contributed by atoms with Crippen LogP contribution in [0.5, 0.6) is 5.75 Å². The van der Waals surface area contributed by atoms with Crippen LogP contribution in [0.2, 0.25) is 0 Å². The van der Waals surface area contributed by atoms with E-state index in [0.29, 0.717) is 17.1 Å². The van der Waals surface area contributed by atoms with Gasteiger partial charge in [0, 0.05) is 6.21 Å². The first-order valence-corrected chi connectivity index (χ1v) is 8.91. The summed E-state index contributed by atoms with van der Waals surface area (Å²) in [6.45, 7) is 2.05.